The summed E-state index contributed by atoms with van der Waals surface area (Å²) in [5.74, 6) is -0.307. The van der Waals surface area contributed by atoms with E-state index in [9.17, 15) is 9.59 Å². The smallest absolute Gasteiger partial charge is 0.320 e. The molecule has 0 aliphatic heterocycles. The van der Waals surface area contributed by atoms with Crippen molar-refractivity contribution < 1.29 is 4.79 Å². The molecule has 0 saturated heterocycles. The summed E-state index contributed by atoms with van der Waals surface area (Å²) in [7, 11) is 0. The van der Waals surface area contributed by atoms with Gasteiger partial charge >= 0.3 is 5.69 Å². The van der Waals surface area contributed by atoms with E-state index in [1.165, 1.54) is 15.6 Å². The number of carbonyl (C=O) groups is 1. The van der Waals surface area contributed by atoms with Crippen LogP contribution in [0.15, 0.2) is 65.8 Å². The molecule has 2 heterocycles. The van der Waals surface area contributed by atoms with E-state index in [-0.39, 0.29) is 11.6 Å². The van der Waals surface area contributed by atoms with Gasteiger partial charge in [0, 0.05) is 17.5 Å². The molecular weight excluding hydrogens is 346 g/mol. The van der Waals surface area contributed by atoms with Crippen molar-refractivity contribution in [2.24, 2.45) is 0 Å². The minimum absolute atomic E-state index is 0.269. The van der Waals surface area contributed by atoms with Crippen LogP contribution < -0.4 is 11.0 Å². The quantitative estimate of drug-likeness (QED) is 0.575. The molecule has 1 amide bonds. The molecule has 0 unspecified atom stereocenters. The molecule has 0 fully saturated rings. The zero-order valence-corrected chi connectivity index (χ0v) is 14.3. The Balaban J connectivity index is 1.67. The summed E-state index contributed by atoms with van der Waals surface area (Å²) in [5, 5.41) is 13.9. The van der Waals surface area contributed by atoms with Gasteiger partial charge in [-0.3, -0.25) is 9.36 Å². The maximum atomic E-state index is 12.8. The van der Waals surface area contributed by atoms with Crippen LogP contribution in [-0.4, -0.2) is 35.7 Å². The van der Waals surface area contributed by atoms with Crippen molar-refractivity contribution in [2.75, 3.05) is 5.32 Å². The van der Waals surface area contributed by atoms with Crippen LogP contribution in [0.25, 0.3) is 11.4 Å². The minimum Gasteiger partial charge on any atom is -0.320 e. The predicted molar refractivity (Wildman–Crippen MR) is 98.2 cm³/mol. The summed E-state index contributed by atoms with van der Waals surface area (Å²) >= 11 is 0. The number of tetrazole rings is 1. The lowest BCUT2D eigenvalue weighted by atomic mass is 10.1. The van der Waals surface area contributed by atoms with Crippen molar-refractivity contribution in [2.45, 2.75) is 6.92 Å². The number of anilines is 1. The van der Waals surface area contributed by atoms with Gasteiger partial charge in [-0.1, -0.05) is 18.2 Å². The molecule has 27 heavy (non-hydrogen) atoms. The summed E-state index contributed by atoms with van der Waals surface area (Å²) in [6.07, 6.45) is 3.07. The molecule has 2 aromatic carbocycles. The highest BCUT2D eigenvalue weighted by Gasteiger charge is 2.13. The Bertz CT molecular complexity index is 1160. The molecule has 2 N–H and O–H groups in total. The first-order chi connectivity index (χ1) is 13.1. The lowest BCUT2D eigenvalue weighted by molar-refractivity contribution is 0.102. The van der Waals surface area contributed by atoms with Gasteiger partial charge < -0.3 is 10.3 Å². The fraction of sp³-hybridized carbons (Fsp3) is 0.0556. The van der Waals surface area contributed by atoms with Crippen LogP contribution in [0.1, 0.15) is 16.1 Å². The molecule has 0 radical (unpaired) electrons. The molecule has 0 spiro atoms. The van der Waals surface area contributed by atoms with Gasteiger partial charge in [-0.2, -0.15) is 0 Å². The van der Waals surface area contributed by atoms with Gasteiger partial charge in [-0.25, -0.2) is 9.48 Å². The zero-order valence-electron chi connectivity index (χ0n) is 14.3. The van der Waals surface area contributed by atoms with Crippen LogP contribution in [0, 0.1) is 6.92 Å². The first kappa shape index (κ1) is 16.5. The van der Waals surface area contributed by atoms with Crippen LogP contribution in [0.5, 0.6) is 0 Å². The second-order valence-corrected chi connectivity index (χ2v) is 5.85. The topological polar surface area (TPSA) is 110 Å². The Hall–Kier alpha value is -4.01. The number of imidazole rings is 1. The van der Waals surface area contributed by atoms with Gasteiger partial charge in [0.05, 0.1) is 17.1 Å². The van der Waals surface area contributed by atoms with E-state index in [1.807, 2.05) is 13.0 Å². The fourth-order valence-corrected chi connectivity index (χ4v) is 2.79. The first-order valence-electron chi connectivity index (χ1n) is 8.15. The number of nitrogens with one attached hydrogen (secondary N) is 2. The summed E-state index contributed by atoms with van der Waals surface area (Å²) in [6, 6.07) is 14.0. The number of aromatic amines is 1. The third kappa shape index (κ3) is 3.13. The number of aromatic nitrogens is 6. The van der Waals surface area contributed by atoms with Gasteiger partial charge in [0.15, 0.2) is 0 Å². The molecule has 0 aliphatic rings. The number of H-pyrrole nitrogens is 1. The Labute approximate surface area is 153 Å². The lowest BCUT2D eigenvalue weighted by Gasteiger charge is -2.13. The van der Waals surface area contributed by atoms with Crippen molar-refractivity contribution >= 4 is 11.6 Å². The van der Waals surface area contributed by atoms with E-state index in [4.69, 9.17) is 0 Å². The molecule has 0 bridgehead atoms. The maximum absolute atomic E-state index is 12.8. The van der Waals surface area contributed by atoms with E-state index < -0.39 is 0 Å². The molecule has 0 aliphatic carbocycles. The summed E-state index contributed by atoms with van der Waals surface area (Å²) in [4.78, 5) is 27.5. The number of hydrogen-bond donors (Lipinski definition) is 2. The van der Waals surface area contributed by atoms with E-state index >= 15 is 0 Å². The summed E-state index contributed by atoms with van der Waals surface area (Å²) < 4.78 is 2.97. The highest BCUT2D eigenvalue weighted by molar-refractivity contribution is 6.05. The number of carbonyl (C=O) groups excluding carboxylic acids is 1. The van der Waals surface area contributed by atoms with Crippen LogP contribution in [-0.2, 0) is 0 Å². The van der Waals surface area contributed by atoms with Crippen molar-refractivity contribution in [3.63, 3.8) is 0 Å². The Kier molecular flexibility index (Phi) is 4.09. The first-order valence-corrected chi connectivity index (χ1v) is 8.15. The normalized spacial score (nSPS) is 10.7. The third-order valence-electron chi connectivity index (χ3n) is 4.08. The van der Waals surface area contributed by atoms with Gasteiger partial charge in [0.1, 0.15) is 6.33 Å². The highest BCUT2D eigenvalue weighted by atomic mass is 16.2. The van der Waals surface area contributed by atoms with E-state index in [1.54, 1.807) is 48.7 Å². The summed E-state index contributed by atoms with van der Waals surface area (Å²) in [5.41, 5.74) is 2.69. The van der Waals surface area contributed by atoms with Gasteiger partial charge in [-0.15, -0.1) is 5.10 Å². The van der Waals surface area contributed by atoms with Crippen LogP contribution in [0.3, 0.4) is 0 Å². The zero-order chi connectivity index (χ0) is 18.8. The van der Waals surface area contributed by atoms with Crippen molar-refractivity contribution in [1.82, 2.24) is 29.8 Å². The Morgan fingerprint density at radius 1 is 1.15 bits per heavy atom. The van der Waals surface area contributed by atoms with E-state index in [2.05, 4.69) is 25.8 Å². The number of hydrogen-bond acceptors (Lipinski definition) is 5. The maximum Gasteiger partial charge on any atom is 0.330 e. The molecule has 9 heteroatoms. The van der Waals surface area contributed by atoms with Gasteiger partial charge in [-0.05, 0) is 47.7 Å². The molecule has 4 rings (SSSR count). The van der Waals surface area contributed by atoms with E-state index in [0.29, 0.717) is 22.6 Å². The minimum atomic E-state index is -0.307. The van der Waals surface area contributed by atoms with Crippen molar-refractivity contribution in [1.29, 1.82) is 0 Å². The predicted octanol–water partition coefficient (Wildman–Crippen LogP) is 1.70. The molecule has 2 aromatic heterocycles. The molecule has 134 valence electrons. The Morgan fingerprint density at radius 3 is 2.74 bits per heavy atom. The Morgan fingerprint density at radius 2 is 2.00 bits per heavy atom. The second kappa shape index (κ2) is 6.71. The molecule has 9 nitrogen and oxygen atoms in total. The second-order valence-electron chi connectivity index (χ2n) is 5.85. The fourth-order valence-electron chi connectivity index (χ4n) is 2.79. The molecule has 0 saturated carbocycles. The van der Waals surface area contributed by atoms with Crippen LogP contribution in [0.4, 0.5) is 5.69 Å². The lowest BCUT2D eigenvalue weighted by Crippen LogP contribution is -2.19. The SMILES string of the molecule is Cc1c[nH]c(=O)n1-c1ccccc1NC(=O)c1cccc(-n2cnnn2)c1. The number of aryl methyl sites for hydroxylation is 1. The number of benzene rings is 2. The molecular formula is C18H15N7O2. The van der Waals surface area contributed by atoms with Crippen LogP contribution >= 0.6 is 0 Å². The monoisotopic (exact) mass is 361 g/mol. The average molecular weight is 361 g/mol. The third-order valence-corrected chi connectivity index (χ3v) is 4.08. The number of amides is 1. The largest absolute Gasteiger partial charge is 0.330 e. The summed E-state index contributed by atoms with van der Waals surface area (Å²) in [6.45, 7) is 1.81. The number of para-hydroxylation sites is 2. The van der Waals surface area contributed by atoms with E-state index in [0.717, 1.165) is 5.69 Å². The highest BCUT2D eigenvalue weighted by Crippen LogP contribution is 2.21. The average Bonchev–Trinajstić information content (AvgIpc) is 3.33. The van der Waals surface area contributed by atoms with Crippen LogP contribution in [0.2, 0.25) is 0 Å². The number of nitrogens with zero attached hydrogens (tertiary/aromatic N) is 5. The van der Waals surface area contributed by atoms with Crippen molar-refractivity contribution in [3.05, 3.63) is 82.8 Å². The molecule has 4 aromatic rings. The standard InChI is InChI=1S/C18H15N7O2/c1-12-10-19-18(27)25(12)16-8-3-2-7-15(16)21-17(26)13-5-4-6-14(9-13)24-11-20-22-23-24/h2-11H,1H3,(H,19,27)(H,21,26). The van der Waals surface area contributed by atoms with Gasteiger partial charge in [0.25, 0.3) is 5.91 Å². The van der Waals surface area contributed by atoms with Crippen molar-refractivity contribution in [3.8, 4) is 11.4 Å². The van der Waals surface area contributed by atoms with Gasteiger partial charge in [0.2, 0.25) is 0 Å². The molecule has 0 atom stereocenters. The number of rotatable bonds is 4.